The van der Waals surface area contributed by atoms with E-state index in [4.69, 9.17) is 0 Å². The standard InChI is InChI=1S/C24H22N4O2/c29-23-21(14-18-6-2-3-7-22(18)26-23)19-15-25-28(16-19)20-10-8-17(9-11-20)24(30)27-12-4-1-5-13-27/h2-3,6-11,14-16H,1,4-5,12-13H2,(H,26,29). The summed E-state index contributed by atoms with van der Waals surface area (Å²) in [7, 11) is 0. The number of rotatable bonds is 3. The molecule has 1 aliphatic rings. The van der Waals surface area contributed by atoms with Crippen molar-refractivity contribution in [1.29, 1.82) is 0 Å². The quantitative estimate of drug-likeness (QED) is 0.567. The molecular formula is C24H22N4O2. The number of hydrogen-bond acceptors (Lipinski definition) is 3. The maximum absolute atomic E-state index is 12.6. The third-order valence-corrected chi connectivity index (χ3v) is 5.67. The van der Waals surface area contributed by atoms with E-state index in [1.165, 1.54) is 6.42 Å². The van der Waals surface area contributed by atoms with E-state index in [-0.39, 0.29) is 11.5 Å². The molecule has 0 radical (unpaired) electrons. The number of likely N-dealkylation sites (tertiary alicyclic amines) is 1. The van der Waals surface area contributed by atoms with Crippen LogP contribution in [0.3, 0.4) is 0 Å². The van der Waals surface area contributed by atoms with Crippen molar-refractivity contribution in [3.63, 3.8) is 0 Å². The van der Waals surface area contributed by atoms with Gasteiger partial charge in [-0.15, -0.1) is 0 Å². The van der Waals surface area contributed by atoms with Gasteiger partial charge in [0.2, 0.25) is 0 Å². The number of H-pyrrole nitrogens is 1. The number of aromatic nitrogens is 3. The van der Waals surface area contributed by atoms with Crippen molar-refractivity contribution in [2.24, 2.45) is 0 Å². The van der Waals surface area contributed by atoms with Crippen molar-refractivity contribution in [3.05, 3.63) is 82.9 Å². The molecule has 2 aromatic heterocycles. The minimum atomic E-state index is -0.143. The van der Waals surface area contributed by atoms with Gasteiger partial charge < -0.3 is 9.88 Å². The summed E-state index contributed by atoms with van der Waals surface area (Å²) in [6, 6.07) is 17.0. The normalized spacial score (nSPS) is 14.2. The van der Waals surface area contributed by atoms with E-state index in [1.807, 2.05) is 65.7 Å². The second kappa shape index (κ2) is 7.63. The van der Waals surface area contributed by atoms with Gasteiger partial charge >= 0.3 is 0 Å². The van der Waals surface area contributed by atoms with Crippen molar-refractivity contribution >= 4 is 16.8 Å². The fourth-order valence-corrected chi connectivity index (χ4v) is 4.00. The van der Waals surface area contributed by atoms with Crippen LogP contribution in [0.25, 0.3) is 27.7 Å². The number of para-hydroxylation sites is 1. The van der Waals surface area contributed by atoms with Gasteiger partial charge in [0, 0.05) is 35.9 Å². The molecule has 1 amide bonds. The largest absolute Gasteiger partial charge is 0.339 e. The van der Waals surface area contributed by atoms with Crippen molar-refractivity contribution in [1.82, 2.24) is 19.7 Å². The number of carbonyl (C=O) groups excluding carboxylic acids is 1. The Hall–Kier alpha value is -3.67. The van der Waals surface area contributed by atoms with E-state index in [0.717, 1.165) is 48.1 Å². The Morgan fingerprint density at radius 2 is 1.73 bits per heavy atom. The van der Waals surface area contributed by atoms with Gasteiger partial charge in [0.25, 0.3) is 11.5 Å². The first-order valence-electron chi connectivity index (χ1n) is 10.3. The van der Waals surface area contributed by atoms with Crippen molar-refractivity contribution < 1.29 is 4.79 Å². The Labute approximate surface area is 173 Å². The molecule has 1 aliphatic heterocycles. The number of amides is 1. The van der Waals surface area contributed by atoms with Crippen LogP contribution in [0.4, 0.5) is 0 Å². The van der Waals surface area contributed by atoms with Crippen LogP contribution in [-0.2, 0) is 0 Å². The van der Waals surface area contributed by atoms with E-state index >= 15 is 0 Å². The number of aromatic amines is 1. The molecule has 0 aliphatic carbocycles. The number of fused-ring (bicyclic) bond motifs is 1. The topological polar surface area (TPSA) is 71.0 Å². The first-order chi connectivity index (χ1) is 14.7. The molecular weight excluding hydrogens is 376 g/mol. The predicted molar refractivity (Wildman–Crippen MR) is 117 cm³/mol. The lowest BCUT2D eigenvalue weighted by Crippen LogP contribution is -2.35. The molecule has 0 bridgehead atoms. The van der Waals surface area contributed by atoms with E-state index in [9.17, 15) is 9.59 Å². The van der Waals surface area contributed by atoms with Crippen molar-refractivity contribution in [3.8, 4) is 16.8 Å². The molecule has 1 N–H and O–H groups in total. The molecule has 0 unspecified atom stereocenters. The first kappa shape index (κ1) is 18.4. The van der Waals surface area contributed by atoms with Gasteiger partial charge in [-0.1, -0.05) is 18.2 Å². The molecule has 150 valence electrons. The highest BCUT2D eigenvalue weighted by atomic mass is 16.2. The van der Waals surface area contributed by atoms with Gasteiger partial charge in [0.1, 0.15) is 0 Å². The molecule has 4 aromatic rings. The second-order valence-electron chi connectivity index (χ2n) is 7.67. The zero-order valence-corrected chi connectivity index (χ0v) is 16.5. The van der Waals surface area contributed by atoms with E-state index in [0.29, 0.717) is 11.1 Å². The van der Waals surface area contributed by atoms with Crippen LogP contribution in [-0.4, -0.2) is 38.7 Å². The number of carbonyl (C=O) groups is 1. The fourth-order valence-electron chi connectivity index (χ4n) is 4.00. The summed E-state index contributed by atoms with van der Waals surface area (Å²) >= 11 is 0. The predicted octanol–water partition coefficient (Wildman–Crippen LogP) is 4.01. The van der Waals surface area contributed by atoms with Crippen LogP contribution >= 0.6 is 0 Å². The highest BCUT2D eigenvalue weighted by Gasteiger charge is 2.18. The summed E-state index contributed by atoms with van der Waals surface area (Å²) in [5.41, 5.74) is 3.53. The van der Waals surface area contributed by atoms with E-state index < -0.39 is 0 Å². The highest BCUT2D eigenvalue weighted by molar-refractivity contribution is 5.94. The summed E-state index contributed by atoms with van der Waals surface area (Å²) in [5, 5.41) is 5.39. The maximum atomic E-state index is 12.6. The summed E-state index contributed by atoms with van der Waals surface area (Å²) in [5.74, 6) is 0.0881. The van der Waals surface area contributed by atoms with Crippen LogP contribution in [0.15, 0.2) is 71.8 Å². The Morgan fingerprint density at radius 3 is 2.53 bits per heavy atom. The summed E-state index contributed by atoms with van der Waals surface area (Å²) in [4.78, 5) is 30.0. The monoisotopic (exact) mass is 398 g/mol. The number of hydrogen-bond donors (Lipinski definition) is 1. The van der Waals surface area contributed by atoms with Gasteiger partial charge in [0.05, 0.1) is 17.4 Å². The lowest BCUT2D eigenvalue weighted by Gasteiger charge is -2.26. The molecule has 1 fully saturated rings. The minimum absolute atomic E-state index is 0.0881. The van der Waals surface area contributed by atoms with Crippen LogP contribution in [0, 0.1) is 0 Å². The SMILES string of the molecule is O=C(c1ccc(-n2cc(-c3cc4ccccc4[nH]c3=O)cn2)cc1)N1CCCCC1. The summed E-state index contributed by atoms with van der Waals surface area (Å²) in [6.07, 6.45) is 6.87. The van der Waals surface area contributed by atoms with Gasteiger partial charge in [-0.3, -0.25) is 9.59 Å². The van der Waals surface area contributed by atoms with Gasteiger partial charge in [-0.2, -0.15) is 5.10 Å². The molecule has 6 heteroatoms. The molecule has 6 nitrogen and oxygen atoms in total. The number of nitrogens with zero attached hydrogens (tertiary/aromatic N) is 3. The third kappa shape index (κ3) is 3.41. The van der Waals surface area contributed by atoms with Crippen LogP contribution in [0.5, 0.6) is 0 Å². The molecule has 1 saturated heterocycles. The van der Waals surface area contributed by atoms with Crippen LogP contribution < -0.4 is 5.56 Å². The van der Waals surface area contributed by atoms with E-state index in [1.54, 1.807) is 10.9 Å². The Balaban J connectivity index is 1.41. The lowest BCUT2D eigenvalue weighted by atomic mass is 10.1. The minimum Gasteiger partial charge on any atom is -0.339 e. The molecule has 0 saturated carbocycles. The van der Waals surface area contributed by atoms with Gasteiger partial charge in [-0.05, 0) is 61.0 Å². The molecule has 30 heavy (non-hydrogen) atoms. The van der Waals surface area contributed by atoms with Crippen LogP contribution in [0.2, 0.25) is 0 Å². The fraction of sp³-hybridized carbons (Fsp3) is 0.208. The Kier molecular flexibility index (Phi) is 4.67. The van der Waals surface area contributed by atoms with E-state index in [2.05, 4.69) is 10.1 Å². The molecule has 3 heterocycles. The second-order valence-corrected chi connectivity index (χ2v) is 7.67. The molecule has 0 atom stereocenters. The summed E-state index contributed by atoms with van der Waals surface area (Å²) < 4.78 is 1.72. The zero-order chi connectivity index (χ0) is 20.5. The highest BCUT2D eigenvalue weighted by Crippen LogP contribution is 2.21. The number of piperidine rings is 1. The Morgan fingerprint density at radius 1 is 0.967 bits per heavy atom. The number of nitrogens with one attached hydrogen (secondary N) is 1. The average Bonchev–Trinajstić information content (AvgIpc) is 3.29. The third-order valence-electron chi connectivity index (χ3n) is 5.67. The average molecular weight is 398 g/mol. The van der Waals surface area contributed by atoms with Gasteiger partial charge in [0.15, 0.2) is 0 Å². The van der Waals surface area contributed by atoms with Crippen molar-refractivity contribution in [2.45, 2.75) is 19.3 Å². The van der Waals surface area contributed by atoms with Crippen LogP contribution in [0.1, 0.15) is 29.6 Å². The molecule has 2 aromatic carbocycles. The zero-order valence-electron chi connectivity index (χ0n) is 16.5. The van der Waals surface area contributed by atoms with Crippen molar-refractivity contribution in [2.75, 3.05) is 13.1 Å². The number of benzene rings is 2. The Bertz CT molecular complexity index is 1260. The smallest absolute Gasteiger partial charge is 0.256 e. The van der Waals surface area contributed by atoms with Gasteiger partial charge in [-0.25, -0.2) is 4.68 Å². The molecule has 5 rings (SSSR count). The first-order valence-corrected chi connectivity index (χ1v) is 10.3. The molecule has 0 spiro atoms. The lowest BCUT2D eigenvalue weighted by molar-refractivity contribution is 0.0724. The number of pyridine rings is 1. The summed E-state index contributed by atoms with van der Waals surface area (Å²) in [6.45, 7) is 1.67. The maximum Gasteiger partial charge on any atom is 0.256 e.